The maximum absolute atomic E-state index is 11.9. The summed E-state index contributed by atoms with van der Waals surface area (Å²) in [5.74, 6) is 1.43. The normalized spacial score (nSPS) is 19.1. The topological polar surface area (TPSA) is 64.2 Å². The summed E-state index contributed by atoms with van der Waals surface area (Å²) in [5.41, 5.74) is 7.73. The molecule has 2 heterocycles. The van der Waals surface area contributed by atoms with E-state index in [1.807, 2.05) is 11.0 Å². The molecule has 1 saturated heterocycles. The molecule has 1 amide bonds. The zero-order valence-electron chi connectivity index (χ0n) is 13.3. The van der Waals surface area contributed by atoms with Gasteiger partial charge < -0.3 is 15.2 Å². The van der Waals surface area contributed by atoms with Crippen molar-refractivity contribution in [2.45, 2.75) is 38.6 Å². The average Bonchev–Trinajstić information content (AvgIpc) is 2.94. The minimum absolute atomic E-state index is 0.0388. The van der Waals surface area contributed by atoms with Gasteiger partial charge in [-0.2, -0.15) is 0 Å². The minimum atomic E-state index is 0.0388. The Morgan fingerprint density at radius 1 is 1.41 bits per heavy atom. The van der Waals surface area contributed by atoms with E-state index >= 15 is 0 Å². The van der Waals surface area contributed by atoms with E-state index in [2.05, 4.69) is 36.6 Å². The van der Waals surface area contributed by atoms with Gasteiger partial charge in [-0.15, -0.1) is 0 Å². The summed E-state index contributed by atoms with van der Waals surface area (Å²) in [5, 5.41) is 0. The first kappa shape index (κ1) is 15.0. The van der Waals surface area contributed by atoms with Crippen LogP contribution in [-0.2, 0) is 4.79 Å². The van der Waals surface area contributed by atoms with E-state index in [0.717, 1.165) is 37.3 Å². The lowest BCUT2D eigenvalue weighted by Crippen LogP contribution is -2.42. The van der Waals surface area contributed by atoms with Gasteiger partial charge in [0.25, 0.3) is 0 Å². The van der Waals surface area contributed by atoms with Gasteiger partial charge in [0, 0.05) is 25.0 Å². The number of aromatic nitrogens is 2. The number of nitrogens with two attached hydrogens (primary N) is 1. The summed E-state index contributed by atoms with van der Waals surface area (Å²) in [4.78, 5) is 18.7. The second kappa shape index (κ2) is 6.08. The van der Waals surface area contributed by atoms with Crippen LogP contribution in [0.15, 0.2) is 24.3 Å². The number of imidazole rings is 1. The number of rotatable bonds is 3. The molecule has 3 rings (SSSR count). The van der Waals surface area contributed by atoms with Crippen LogP contribution >= 0.6 is 0 Å². The third-order valence-corrected chi connectivity index (χ3v) is 4.45. The van der Waals surface area contributed by atoms with Crippen LogP contribution < -0.4 is 5.73 Å². The SMILES string of the molecule is CC(C)n1c([C@@H]2CCCN(C(=O)CN)C2)nc2ccccc21. The first-order valence-corrected chi connectivity index (χ1v) is 8.06. The molecule has 2 N–H and O–H groups in total. The third-order valence-electron chi connectivity index (χ3n) is 4.45. The second-order valence-corrected chi connectivity index (χ2v) is 6.31. The molecule has 5 heteroatoms. The Balaban J connectivity index is 1.98. The van der Waals surface area contributed by atoms with E-state index in [4.69, 9.17) is 10.7 Å². The highest BCUT2D eigenvalue weighted by atomic mass is 16.2. The Hall–Kier alpha value is -1.88. The molecule has 0 saturated carbocycles. The molecule has 1 aromatic heterocycles. The summed E-state index contributed by atoms with van der Waals surface area (Å²) in [7, 11) is 0. The van der Waals surface area contributed by atoms with E-state index in [9.17, 15) is 4.79 Å². The molecule has 5 nitrogen and oxygen atoms in total. The lowest BCUT2D eigenvalue weighted by molar-refractivity contribution is -0.130. The van der Waals surface area contributed by atoms with Crippen molar-refractivity contribution in [1.29, 1.82) is 0 Å². The zero-order valence-corrected chi connectivity index (χ0v) is 13.3. The molecule has 0 unspecified atom stereocenters. The highest BCUT2D eigenvalue weighted by Crippen LogP contribution is 2.31. The molecule has 1 atom stereocenters. The number of hydrogen-bond acceptors (Lipinski definition) is 3. The number of para-hydroxylation sites is 2. The van der Waals surface area contributed by atoms with Crippen LogP contribution in [-0.4, -0.2) is 40.0 Å². The van der Waals surface area contributed by atoms with Gasteiger partial charge in [0.15, 0.2) is 0 Å². The molecular weight excluding hydrogens is 276 g/mol. The molecule has 0 radical (unpaired) electrons. The fourth-order valence-corrected chi connectivity index (χ4v) is 3.44. The van der Waals surface area contributed by atoms with E-state index < -0.39 is 0 Å². The van der Waals surface area contributed by atoms with Crippen molar-refractivity contribution in [1.82, 2.24) is 14.5 Å². The van der Waals surface area contributed by atoms with E-state index in [1.54, 1.807) is 0 Å². The molecule has 0 spiro atoms. The Kier molecular flexibility index (Phi) is 4.16. The number of piperidine rings is 1. The van der Waals surface area contributed by atoms with Gasteiger partial charge in [-0.1, -0.05) is 12.1 Å². The average molecular weight is 300 g/mol. The number of amides is 1. The van der Waals surface area contributed by atoms with Gasteiger partial charge in [-0.25, -0.2) is 4.98 Å². The molecule has 22 heavy (non-hydrogen) atoms. The van der Waals surface area contributed by atoms with Gasteiger partial charge in [0.1, 0.15) is 5.82 Å². The molecule has 1 fully saturated rings. The first-order chi connectivity index (χ1) is 10.6. The Bertz CT molecular complexity index is 676. The maximum Gasteiger partial charge on any atom is 0.236 e. The van der Waals surface area contributed by atoms with Crippen LogP contribution in [0.3, 0.4) is 0 Å². The molecule has 118 valence electrons. The molecular formula is C17H24N4O. The third kappa shape index (κ3) is 2.61. The summed E-state index contributed by atoms with van der Waals surface area (Å²) in [6, 6.07) is 8.61. The van der Waals surface area contributed by atoms with Gasteiger partial charge in [0.05, 0.1) is 17.6 Å². The van der Waals surface area contributed by atoms with E-state index in [1.165, 1.54) is 5.52 Å². The summed E-state index contributed by atoms with van der Waals surface area (Å²) in [6.07, 6.45) is 2.09. The Morgan fingerprint density at radius 3 is 2.91 bits per heavy atom. The standard InChI is InChI=1S/C17H24N4O/c1-12(2)21-15-8-4-3-7-14(15)19-17(21)13-6-5-9-20(11-13)16(22)10-18/h3-4,7-8,12-13H,5-6,9-11,18H2,1-2H3/t13-/m1/s1. The Labute approximate surface area is 131 Å². The predicted octanol–water partition coefficient (Wildman–Crippen LogP) is 2.28. The molecule has 1 aromatic carbocycles. The Morgan fingerprint density at radius 2 is 2.18 bits per heavy atom. The van der Waals surface area contributed by atoms with Crippen molar-refractivity contribution >= 4 is 16.9 Å². The molecule has 1 aliphatic rings. The highest BCUT2D eigenvalue weighted by Gasteiger charge is 2.28. The highest BCUT2D eigenvalue weighted by molar-refractivity contribution is 5.78. The fourth-order valence-electron chi connectivity index (χ4n) is 3.44. The van der Waals surface area contributed by atoms with Crippen LogP contribution in [0.25, 0.3) is 11.0 Å². The number of hydrogen-bond donors (Lipinski definition) is 1. The monoisotopic (exact) mass is 300 g/mol. The quantitative estimate of drug-likeness (QED) is 0.946. The van der Waals surface area contributed by atoms with Crippen LogP contribution in [0.2, 0.25) is 0 Å². The van der Waals surface area contributed by atoms with Crippen molar-refractivity contribution in [3.05, 3.63) is 30.1 Å². The summed E-state index contributed by atoms with van der Waals surface area (Å²) >= 11 is 0. The summed E-state index contributed by atoms with van der Waals surface area (Å²) < 4.78 is 2.32. The van der Waals surface area contributed by atoms with Gasteiger partial charge >= 0.3 is 0 Å². The maximum atomic E-state index is 11.9. The van der Waals surface area contributed by atoms with Gasteiger partial charge in [-0.05, 0) is 38.8 Å². The smallest absolute Gasteiger partial charge is 0.236 e. The van der Waals surface area contributed by atoms with Gasteiger partial charge in [-0.3, -0.25) is 4.79 Å². The molecule has 2 aromatic rings. The summed E-state index contributed by atoms with van der Waals surface area (Å²) in [6.45, 7) is 6.00. The largest absolute Gasteiger partial charge is 0.341 e. The van der Waals surface area contributed by atoms with Crippen molar-refractivity contribution in [3.63, 3.8) is 0 Å². The minimum Gasteiger partial charge on any atom is -0.341 e. The first-order valence-electron chi connectivity index (χ1n) is 8.06. The predicted molar refractivity (Wildman–Crippen MR) is 87.7 cm³/mol. The molecule has 0 bridgehead atoms. The number of fused-ring (bicyclic) bond motifs is 1. The van der Waals surface area contributed by atoms with Crippen LogP contribution in [0, 0.1) is 0 Å². The van der Waals surface area contributed by atoms with Crippen LogP contribution in [0.4, 0.5) is 0 Å². The zero-order chi connectivity index (χ0) is 15.7. The molecule has 1 aliphatic heterocycles. The van der Waals surface area contributed by atoms with Crippen molar-refractivity contribution in [3.8, 4) is 0 Å². The van der Waals surface area contributed by atoms with Crippen LogP contribution in [0.5, 0.6) is 0 Å². The number of likely N-dealkylation sites (tertiary alicyclic amines) is 1. The van der Waals surface area contributed by atoms with Crippen molar-refractivity contribution in [2.24, 2.45) is 5.73 Å². The number of carbonyl (C=O) groups excluding carboxylic acids is 1. The number of nitrogens with zero attached hydrogens (tertiary/aromatic N) is 3. The van der Waals surface area contributed by atoms with Crippen LogP contribution in [0.1, 0.15) is 44.5 Å². The van der Waals surface area contributed by atoms with Crippen molar-refractivity contribution in [2.75, 3.05) is 19.6 Å². The number of carbonyl (C=O) groups is 1. The molecule has 0 aliphatic carbocycles. The lowest BCUT2D eigenvalue weighted by atomic mass is 9.96. The second-order valence-electron chi connectivity index (χ2n) is 6.31. The number of benzene rings is 1. The van der Waals surface area contributed by atoms with Crippen molar-refractivity contribution < 1.29 is 4.79 Å². The lowest BCUT2D eigenvalue weighted by Gasteiger charge is -2.33. The van der Waals surface area contributed by atoms with Gasteiger partial charge in [0.2, 0.25) is 5.91 Å². The van der Waals surface area contributed by atoms with E-state index in [0.29, 0.717) is 12.0 Å². The van der Waals surface area contributed by atoms with E-state index in [-0.39, 0.29) is 12.5 Å². The fraction of sp³-hybridized carbons (Fsp3) is 0.529.